The van der Waals surface area contributed by atoms with Crippen molar-refractivity contribution in [1.82, 2.24) is 0 Å². The van der Waals surface area contributed by atoms with Gasteiger partial charge in [-0.3, -0.25) is 9.59 Å². The maximum absolute atomic E-state index is 11.9. The molecule has 0 N–H and O–H groups in total. The Morgan fingerprint density at radius 2 is 1.41 bits per heavy atom. The van der Waals surface area contributed by atoms with Gasteiger partial charge in [-0.25, -0.2) is 0 Å². The number of ketones is 1. The minimum absolute atomic E-state index is 0.0106. The van der Waals surface area contributed by atoms with Crippen molar-refractivity contribution in [3.05, 3.63) is 12.2 Å². The summed E-state index contributed by atoms with van der Waals surface area (Å²) in [6.07, 6.45) is 17.5. The van der Waals surface area contributed by atoms with Gasteiger partial charge in [0.2, 0.25) is 0 Å². The van der Waals surface area contributed by atoms with E-state index in [4.69, 9.17) is 9.47 Å². The van der Waals surface area contributed by atoms with Gasteiger partial charge in [0.15, 0.2) is 11.9 Å². The van der Waals surface area contributed by atoms with Gasteiger partial charge in [0, 0.05) is 13.5 Å². The van der Waals surface area contributed by atoms with Crippen molar-refractivity contribution in [2.24, 2.45) is 5.92 Å². The molecule has 158 valence electrons. The predicted molar refractivity (Wildman–Crippen MR) is 112 cm³/mol. The Bertz CT molecular complexity index is 401. The highest BCUT2D eigenvalue weighted by Crippen LogP contribution is 2.13. The van der Waals surface area contributed by atoms with Crippen LogP contribution < -0.4 is 0 Å². The number of hydrogen-bond acceptors (Lipinski definition) is 4. The molecule has 27 heavy (non-hydrogen) atoms. The largest absolute Gasteiger partial charge is 0.454 e. The van der Waals surface area contributed by atoms with E-state index in [0.717, 1.165) is 25.7 Å². The third-order valence-electron chi connectivity index (χ3n) is 4.61. The van der Waals surface area contributed by atoms with Crippen molar-refractivity contribution in [2.45, 2.75) is 104 Å². The highest BCUT2D eigenvalue weighted by atomic mass is 16.5. The van der Waals surface area contributed by atoms with Gasteiger partial charge >= 0.3 is 5.97 Å². The fourth-order valence-electron chi connectivity index (χ4n) is 2.99. The lowest BCUT2D eigenvalue weighted by molar-refractivity contribution is -0.159. The summed E-state index contributed by atoms with van der Waals surface area (Å²) in [4.78, 5) is 23.8. The van der Waals surface area contributed by atoms with Crippen molar-refractivity contribution in [3.8, 4) is 0 Å². The quantitative estimate of drug-likeness (QED) is 0.165. The van der Waals surface area contributed by atoms with Crippen molar-refractivity contribution in [1.29, 1.82) is 0 Å². The van der Waals surface area contributed by atoms with Crippen LogP contribution in [0.2, 0.25) is 0 Å². The molecule has 0 bridgehead atoms. The smallest absolute Gasteiger partial charge is 0.306 e. The number of ether oxygens (including phenoxy) is 2. The summed E-state index contributed by atoms with van der Waals surface area (Å²) in [6.45, 7) is 5.99. The number of rotatable bonds is 18. The van der Waals surface area contributed by atoms with Crippen LogP contribution in [0.5, 0.6) is 0 Å². The van der Waals surface area contributed by atoms with Gasteiger partial charge in [0.25, 0.3) is 0 Å². The number of Topliss-reactive ketones (excluding diaryl/α,β-unsaturated/α-hetero) is 1. The first kappa shape index (κ1) is 25.8. The van der Waals surface area contributed by atoms with Gasteiger partial charge in [-0.15, -0.1) is 0 Å². The van der Waals surface area contributed by atoms with E-state index in [0.29, 0.717) is 6.42 Å². The highest BCUT2D eigenvalue weighted by molar-refractivity contribution is 5.86. The number of esters is 1. The Labute approximate surface area is 167 Å². The minimum atomic E-state index is -0.689. The monoisotopic (exact) mass is 382 g/mol. The van der Waals surface area contributed by atoms with Crippen molar-refractivity contribution < 1.29 is 19.1 Å². The van der Waals surface area contributed by atoms with Crippen molar-refractivity contribution in [3.63, 3.8) is 0 Å². The van der Waals surface area contributed by atoms with Gasteiger partial charge in [-0.05, 0) is 38.0 Å². The van der Waals surface area contributed by atoms with E-state index < -0.39 is 6.10 Å². The van der Waals surface area contributed by atoms with Crippen LogP contribution in [0.15, 0.2) is 12.2 Å². The Kier molecular flexibility index (Phi) is 17.4. The molecule has 0 aromatic rings. The van der Waals surface area contributed by atoms with Crippen LogP contribution in [0, 0.1) is 5.92 Å². The normalized spacial score (nSPS) is 12.6. The van der Waals surface area contributed by atoms with E-state index >= 15 is 0 Å². The summed E-state index contributed by atoms with van der Waals surface area (Å²) < 4.78 is 10.2. The summed E-state index contributed by atoms with van der Waals surface area (Å²) in [5.41, 5.74) is 0. The van der Waals surface area contributed by atoms with E-state index in [1.165, 1.54) is 52.1 Å². The van der Waals surface area contributed by atoms with Crippen LogP contribution in [0.25, 0.3) is 0 Å². The second-order valence-electron chi connectivity index (χ2n) is 7.68. The third-order valence-corrected chi connectivity index (χ3v) is 4.61. The molecule has 0 aliphatic carbocycles. The molecule has 4 nitrogen and oxygen atoms in total. The number of allylic oxidation sites excluding steroid dienone is 2. The van der Waals surface area contributed by atoms with Gasteiger partial charge < -0.3 is 9.47 Å². The van der Waals surface area contributed by atoms with Crippen LogP contribution in [-0.2, 0) is 19.1 Å². The molecule has 1 unspecified atom stereocenters. The van der Waals surface area contributed by atoms with Crippen LogP contribution in [-0.4, -0.2) is 31.6 Å². The molecule has 0 saturated heterocycles. The second-order valence-corrected chi connectivity index (χ2v) is 7.68. The van der Waals surface area contributed by atoms with E-state index in [9.17, 15) is 9.59 Å². The van der Waals surface area contributed by atoms with Gasteiger partial charge in [-0.2, -0.15) is 0 Å². The lowest BCUT2D eigenvalue weighted by Gasteiger charge is -2.19. The van der Waals surface area contributed by atoms with Gasteiger partial charge in [0.1, 0.15) is 6.61 Å². The van der Waals surface area contributed by atoms with Gasteiger partial charge in [-0.1, -0.05) is 71.4 Å². The van der Waals surface area contributed by atoms with Crippen LogP contribution in [0.4, 0.5) is 0 Å². The molecular formula is C23H42O4. The summed E-state index contributed by atoms with van der Waals surface area (Å²) in [5, 5.41) is 0. The van der Waals surface area contributed by atoms with Crippen LogP contribution in [0.3, 0.4) is 0 Å². The Morgan fingerprint density at radius 3 is 1.96 bits per heavy atom. The lowest BCUT2D eigenvalue weighted by Crippen LogP contribution is -2.34. The molecule has 0 saturated carbocycles. The average Bonchev–Trinajstić information content (AvgIpc) is 2.63. The number of carbonyl (C=O) groups is 2. The molecule has 0 aliphatic heterocycles. The van der Waals surface area contributed by atoms with Gasteiger partial charge in [0.05, 0.1) is 0 Å². The average molecular weight is 383 g/mol. The first-order valence-corrected chi connectivity index (χ1v) is 10.9. The zero-order chi connectivity index (χ0) is 20.3. The molecular weight excluding hydrogens is 340 g/mol. The number of unbranched alkanes of at least 4 members (excludes halogenated alkanes) is 9. The maximum atomic E-state index is 11.9. The molecule has 0 fully saturated rings. The first-order chi connectivity index (χ1) is 13.0. The molecule has 0 spiro atoms. The highest BCUT2D eigenvalue weighted by Gasteiger charge is 2.25. The molecule has 4 heteroatoms. The molecule has 0 aromatic carbocycles. The van der Waals surface area contributed by atoms with E-state index in [2.05, 4.69) is 19.1 Å². The first-order valence-electron chi connectivity index (χ1n) is 10.9. The van der Waals surface area contributed by atoms with Crippen molar-refractivity contribution >= 4 is 11.8 Å². The lowest BCUT2D eigenvalue weighted by atomic mass is 10.0. The number of methoxy groups -OCH3 is 1. The molecule has 0 rings (SSSR count). The van der Waals surface area contributed by atoms with Crippen LogP contribution in [0.1, 0.15) is 97.8 Å². The molecule has 1 atom stereocenters. The molecule has 0 aliphatic rings. The molecule has 0 heterocycles. The fourth-order valence-corrected chi connectivity index (χ4v) is 2.99. The maximum Gasteiger partial charge on any atom is 0.306 e. The zero-order valence-corrected chi connectivity index (χ0v) is 18.1. The molecule has 0 amide bonds. The SMILES string of the molecule is CCCCCC/C=C\CCCCCCCC(=O)OC(C(=O)COC)C(C)C. The van der Waals surface area contributed by atoms with E-state index in [1.54, 1.807) is 0 Å². The standard InChI is InChI=1S/C23H42O4/c1-5-6-7-8-9-10-11-12-13-14-15-16-17-18-22(25)27-23(20(2)3)21(24)19-26-4/h10-11,20,23H,5-9,12-19H2,1-4H3/b11-10-. The Morgan fingerprint density at radius 1 is 0.852 bits per heavy atom. The summed E-state index contributed by atoms with van der Waals surface area (Å²) in [5.74, 6) is -0.472. The van der Waals surface area contributed by atoms with Crippen molar-refractivity contribution in [2.75, 3.05) is 13.7 Å². The molecule has 0 aromatic heterocycles. The zero-order valence-electron chi connectivity index (χ0n) is 18.1. The summed E-state index contributed by atoms with van der Waals surface area (Å²) >= 11 is 0. The minimum Gasteiger partial charge on any atom is -0.454 e. The van der Waals surface area contributed by atoms with E-state index in [1.807, 2.05) is 13.8 Å². The summed E-state index contributed by atoms with van der Waals surface area (Å²) in [7, 11) is 1.47. The fraction of sp³-hybridized carbons (Fsp3) is 0.826. The topological polar surface area (TPSA) is 52.6 Å². The number of carbonyl (C=O) groups excluding carboxylic acids is 2. The third kappa shape index (κ3) is 15.6. The van der Waals surface area contributed by atoms with E-state index in [-0.39, 0.29) is 24.3 Å². The Balaban J connectivity index is 3.64. The second kappa shape index (κ2) is 18.2. The summed E-state index contributed by atoms with van der Waals surface area (Å²) in [6, 6.07) is 0. The number of hydrogen-bond donors (Lipinski definition) is 0. The molecule has 0 radical (unpaired) electrons. The predicted octanol–water partition coefficient (Wildman–Crippen LogP) is 6.03. The Hall–Kier alpha value is -1.16. The van der Waals surface area contributed by atoms with Crippen LogP contribution >= 0.6 is 0 Å².